The summed E-state index contributed by atoms with van der Waals surface area (Å²) in [5, 5.41) is 0. The number of carbonyl (C=O) groups excluding carboxylic acids is 1. The van der Waals surface area contributed by atoms with Crippen molar-refractivity contribution in [2.45, 2.75) is 6.42 Å². The van der Waals surface area contributed by atoms with E-state index < -0.39 is 11.8 Å². The van der Waals surface area contributed by atoms with Crippen molar-refractivity contribution in [2.75, 3.05) is 13.7 Å². The normalized spacial score (nSPS) is 9.19. The molecule has 1 aromatic carbocycles. The largest absolute Gasteiger partial charge is 0.465 e. The first-order valence-corrected chi connectivity index (χ1v) is 4.76. The second-order valence-corrected chi connectivity index (χ2v) is 3.00. The Morgan fingerprint density at radius 2 is 2.31 bits per heavy atom. The van der Waals surface area contributed by atoms with Crippen molar-refractivity contribution in [2.24, 2.45) is 5.73 Å². The third-order valence-corrected chi connectivity index (χ3v) is 1.90. The molecule has 84 valence electrons. The quantitative estimate of drug-likeness (QED) is 0.605. The molecule has 0 saturated heterocycles. The summed E-state index contributed by atoms with van der Waals surface area (Å²) in [4.78, 5) is 11.2. The van der Waals surface area contributed by atoms with Gasteiger partial charge in [-0.15, -0.1) is 0 Å². The van der Waals surface area contributed by atoms with Crippen molar-refractivity contribution in [1.82, 2.24) is 0 Å². The van der Waals surface area contributed by atoms with Crippen molar-refractivity contribution < 1.29 is 13.9 Å². The minimum absolute atomic E-state index is 0.109. The molecule has 0 radical (unpaired) electrons. The van der Waals surface area contributed by atoms with E-state index in [2.05, 4.69) is 16.6 Å². The van der Waals surface area contributed by atoms with E-state index in [1.807, 2.05) is 0 Å². The van der Waals surface area contributed by atoms with Crippen molar-refractivity contribution >= 4 is 5.97 Å². The van der Waals surface area contributed by atoms with Crippen LogP contribution >= 0.6 is 0 Å². The Balaban J connectivity index is 3.05. The second-order valence-electron chi connectivity index (χ2n) is 3.00. The average Bonchev–Trinajstić information content (AvgIpc) is 2.30. The number of rotatable bonds is 2. The van der Waals surface area contributed by atoms with Gasteiger partial charge in [0, 0.05) is 13.0 Å². The molecule has 2 N–H and O–H groups in total. The Bertz CT molecular complexity index is 446. The van der Waals surface area contributed by atoms with Crippen LogP contribution in [-0.4, -0.2) is 19.6 Å². The number of benzene rings is 1. The number of methoxy groups -OCH3 is 1. The van der Waals surface area contributed by atoms with Gasteiger partial charge < -0.3 is 10.5 Å². The smallest absolute Gasteiger partial charge is 0.340 e. The number of carbonyl (C=O) groups is 1. The SMILES string of the molecule is COC(=O)c1cccc(C#CCCN)c1F. The number of halogens is 1. The van der Waals surface area contributed by atoms with Crippen LogP contribution in [0.25, 0.3) is 0 Å². The minimum Gasteiger partial charge on any atom is -0.465 e. The zero-order chi connectivity index (χ0) is 12.0. The van der Waals surface area contributed by atoms with Gasteiger partial charge in [-0.25, -0.2) is 9.18 Å². The van der Waals surface area contributed by atoms with Crippen molar-refractivity contribution in [3.05, 3.63) is 35.1 Å². The third-order valence-electron chi connectivity index (χ3n) is 1.90. The summed E-state index contributed by atoms with van der Waals surface area (Å²) >= 11 is 0. The molecule has 0 unspecified atom stereocenters. The molecule has 0 fully saturated rings. The first kappa shape index (κ1) is 12.2. The lowest BCUT2D eigenvalue weighted by Gasteiger charge is -2.01. The van der Waals surface area contributed by atoms with E-state index in [4.69, 9.17) is 5.73 Å². The molecule has 0 spiro atoms. The monoisotopic (exact) mass is 221 g/mol. The van der Waals surface area contributed by atoms with E-state index >= 15 is 0 Å². The number of esters is 1. The van der Waals surface area contributed by atoms with Crippen LogP contribution in [0.15, 0.2) is 18.2 Å². The fraction of sp³-hybridized carbons (Fsp3) is 0.250. The molecule has 0 aliphatic heterocycles. The molecule has 1 aromatic rings. The van der Waals surface area contributed by atoms with E-state index in [1.165, 1.54) is 19.2 Å². The number of ether oxygens (including phenoxy) is 1. The molecule has 3 nitrogen and oxygen atoms in total. The Hall–Kier alpha value is -1.86. The van der Waals surface area contributed by atoms with Gasteiger partial charge in [-0.1, -0.05) is 17.9 Å². The van der Waals surface area contributed by atoms with Crippen molar-refractivity contribution in [3.8, 4) is 11.8 Å². The molecule has 0 saturated carbocycles. The molecule has 16 heavy (non-hydrogen) atoms. The van der Waals surface area contributed by atoms with Crippen LogP contribution < -0.4 is 5.73 Å². The molecular formula is C12H12FNO2. The third kappa shape index (κ3) is 2.81. The van der Waals surface area contributed by atoms with Crippen LogP contribution in [-0.2, 0) is 4.74 Å². The summed E-state index contributed by atoms with van der Waals surface area (Å²) in [6.07, 6.45) is 0.488. The molecule has 4 heteroatoms. The van der Waals surface area contributed by atoms with Crippen LogP contribution in [0.5, 0.6) is 0 Å². The lowest BCUT2D eigenvalue weighted by atomic mass is 10.1. The topological polar surface area (TPSA) is 52.3 Å². The molecule has 0 amide bonds. The summed E-state index contributed by atoms with van der Waals surface area (Å²) in [6, 6.07) is 4.42. The highest BCUT2D eigenvalue weighted by Gasteiger charge is 2.13. The van der Waals surface area contributed by atoms with Gasteiger partial charge in [0.1, 0.15) is 0 Å². The summed E-state index contributed by atoms with van der Waals surface area (Å²) in [5.41, 5.74) is 5.33. The molecular weight excluding hydrogens is 209 g/mol. The van der Waals surface area contributed by atoms with E-state index in [0.29, 0.717) is 13.0 Å². The van der Waals surface area contributed by atoms with Gasteiger partial charge in [0.05, 0.1) is 18.2 Å². The van der Waals surface area contributed by atoms with Crippen molar-refractivity contribution in [3.63, 3.8) is 0 Å². The molecule has 0 bridgehead atoms. The maximum absolute atomic E-state index is 13.7. The molecule has 0 heterocycles. The fourth-order valence-corrected chi connectivity index (χ4v) is 1.13. The Morgan fingerprint density at radius 1 is 1.56 bits per heavy atom. The summed E-state index contributed by atoms with van der Waals surface area (Å²) in [6.45, 7) is 0.422. The number of hydrogen-bond donors (Lipinski definition) is 1. The van der Waals surface area contributed by atoms with Gasteiger partial charge in [0.25, 0.3) is 0 Å². The van der Waals surface area contributed by atoms with Crippen molar-refractivity contribution in [1.29, 1.82) is 0 Å². The molecule has 0 aliphatic rings. The van der Waals surface area contributed by atoms with Crippen LogP contribution in [0.3, 0.4) is 0 Å². The summed E-state index contributed by atoms with van der Waals surface area (Å²) < 4.78 is 18.2. The minimum atomic E-state index is -0.708. The zero-order valence-electron chi connectivity index (χ0n) is 8.92. The van der Waals surface area contributed by atoms with Gasteiger partial charge >= 0.3 is 5.97 Å². The van der Waals surface area contributed by atoms with Crippen LogP contribution in [0.4, 0.5) is 4.39 Å². The van der Waals surface area contributed by atoms with Crippen LogP contribution in [0, 0.1) is 17.7 Å². The van der Waals surface area contributed by atoms with E-state index in [0.717, 1.165) is 0 Å². The molecule has 0 aliphatic carbocycles. The highest BCUT2D eigenvalue weighted by atomic mass is 19.1. The van der Waals surface area contributed by atoms with Gasteiger partial charge in [-0.3, -0.25) is 0 Å². The van der Waals surface area contributed by atoms with Gasteiger partial charge in [-0.05, 0) is 12.1 Å². The molecule has 1 rings (SSSR count). The highest BCUT2D eigenvalue weighted by molar-refractivity contribution is 5.90. The lowest BCUT2D eigenvalue weighted by molar-refractivity contribution is 0.0595. The number of nitrogens with two attached hydrogens (primary N) is 1. The standard InChI is InChI=1S/C12H12FNO2/c1-16-12(15)10-7-4-6-9(11(10)13)5-2-3-8-14/h4,6-7H,3,8,14H2,1H3. The van der Waals surface area contributed by atoms with Gasteiger partial charge in [0.15, 0.2) is 5.82 Å². The Morgan fingerprint density at radius 3 is 2.94 bits per heavy atom. The second kappa shape index (κ2) is 5.89. The van der Waals surface area contributed by atoms with Crippen LogP contribution in [0.1, 0.15) is 22.3 Å². The van der Waals surface area contributed by atoms with E-state index in [1.54, 1.807) is 6.07 Å². The molecule has 0 atom stereocenters. The van der Waals surface area contributed by atoms with Gasteiger partial charge in [-0.2, -0.15) is 0 Å². The van der Waals surface area contributed by atoms with Crippen LogP contribution in [0.2, 0.25) is 0 Å². The van der Waals surface area contributed by atoms with E-state index in [9.17, 15) is 9.18 Å². The average molecular weight is 221 g/mol. The predicted molar refractivity (Wildman–Crippen MR) is 58.3 cm³/mol. The first-order valence-electron chi connectivity index (χ1n) is 4.76. The number of hydrogen-bond acceptors (Lipinski definition) is 3. The Labute approximate surface area is 93.4 Å². The maximum Gasteiger partial charge on any atom is 0.340 e. The highest BCUT2D eigenvalue weighted by Crippen LogP contribution is 2.12. The van der Waals surface area contributed by atoms with E-state index in [-0.39, 0.29) is 11.1 Å². The summed E-state index contributed by atoms with van der Waals surface area (Å²) in [5.74, 6) is 3.97. The maximum atomic E-state index is 13.7. The van der Waals surface area contributed by atoms with Gasteiger partial charge in [0.2, 0.25) is 0 Å². The predicted octanol–water partition coefficient (Wildman–Crippen LogP) is 1.31. The molecule has 0 aromatic heterocycles. The fourth-order valence-electron chi connectivity index (χ4n) is 1.13. The Kier molecular flexibility index (Phi) is 4.49. The zero-order valence-corrected chi connectivity index (χ0v) is 8.92. The lowest BCUT2D eigenvalue weighted by Crippen LogP contribution is -2.05. The first-order chi connectivity index (χ1) is 7.70. The summed E-state index contributed by atoms with van der Waals surface area (Å²) in [7, 11) is 1.20.